The van der Waals surface area contributed by atoms with E-state index >= 15 is 0 Å². The van der Waals surface area contributed by atoms with Crippen molar-refractivity contribution in [3.8, 4) is 0 Å². The van der Waals surface area contributed by atoms with Crippen LogP contribution in [0.3, 0.4) is 0 Å². The zero-order chi connectivity index (χ0) is 15.0. The van der Waals surface area contributed by atoms with Crippen LogP contribution in [0.4, 0.5) is 5.82 Å². The Morgan fingerprint density at radius 3 is 2.76 bits per heavy atom. The molecule has 2 aliphatic rings. The number of allylic oxidation sites excluding steroid dienone is 1. The highest BCUT2D eigenvalue weighted by Crippen LogP contribution is 2.33. The quantitative estimate of drug-likeness (QED) is 0.856. The topological polar surface area (TPSA) is 38.2 Å². The van der Waals surface area contributed by atoms with Crippen LogP contribution >= 0.6 is 0 Å². The Hall–Kier alpha value is -1.68. The lowest BCUT2D eigenvalue weighted by Crippen LogP contribution is -2.22. The summed E-state index contributed by atoms with van der Waals surface area (Å²) < 4.78 is 5.36. The summed E-state index contributed by atoms with van der Waals surface area (Å²) in [5.41, 5.74) is 3.73. The van der Waals surface area contributed by atoms with Crippen LogP contribution in [0.15, 0.2) is 23.9 Å². The van der Waals surface area contributed by atoms with Crippen molar-refractivity contribution in [1.82, 2.24) is 9.97 Å². The number of aryl methyl sites for hydroxylation is 1. The van der Waals surface area contributed by atoms with Gasteiger partial charge in [-0.3, -0.25) is 0 Å². The van der Waals surface area contributed by atoms with Gasteiger partial charge >= 0.3 is 0 Å². The SMILES string of the molecule is COC1C=CC(N(C)c2nc(C)nc3c2CC(C)C3)=CC1. The zero-order valence-corrected chi connectivity index (χ0v) is 13.3. The predicted molar refractivity (Wildman–Crippen MR) is 84.4 cm³/mol. The standard InChI is InChI=1S/C17H23N3O/c1-11-9-15-16(10-11)18-12(2)19-17(15)20(3)13-5-7-14(21-4)8-6-13/h5-7,11,14H,8-10H2,1-4H3. The van der Waals surface area contributed by atoms with Gasteiger partial charge in [0, 0.05) is 31.1 Å². The molecule has 3 rings (SSSR count). The van der Waals surface area contributed by atoms with Gasteiger partial charge in [-0.05, 0) is 38.2 Å². The summed E-state index contributed by atoms with van der Waals surface area (Å²) >= 11 is 0. The molecule has 4 heteroatoms. The summed E-state index contributed by atoms with van der Waals surface area (Å²) in [6.07, 6.45) is 9.71. The van der Waals surface area contributed by atoms with Crippen LogP contribution in [0.25, 0.3) is 0 Å². The minimum absolute atomic E-state index is 0.194. The molecule has 4 nitrogen and oxygen atoms in total. The fourth-order valence-corrected chi connectivity index (χ4v) is 3.18. The molecule has 21 heavy (non-hydrogen) atoms. The maximum Gasteiger partial charge on any atom is 0.139 e. The van der Waals surface area contributed by atoms with Crippen molar-refractivity contribution in [2.45, 2.75) is 39.2 Å². The summed E-state index contributed by atoms with van der Waals surface area (Å²) in [7, 11) is 3.84. The van der Waals surface area contributed by atoms with Crippen LogP contribution in [0.2, 0.25) is 0 Å². The van der Waals surface area contributed by atoms with Crippen molar-refractivity contribution in [2.75, 3.05) is 19.1 Å². The smallest absolute Gasteiger partial charge is 0.139 e. The molecule has 0 bridgehead atoms. The van der Waals surface area contributed by atoms with Gasteiger partial charge in [0.2, 0.25) is 0 Å². The van der Waals surface area contributed by atoms with E-state index in [1.54, 1.807) is 7.11 Å². The molecule has 0 N–H and O–H groups in total. The van der Waals surface area contributed by atoms with E-state index in [0.29, 0.717) is 5.92 Å². The van der Waals surface area contributed by atoms with Gasteiger partial charge in [-0.15, -0.1) is 0 Å². The monoisotopic (exact) mass is 285 g/mol. The van der Waals surface area contributed by atoms with Crippen LogP contribution in [-0.4, -0.2) is 30.2 Å². The predicted octanol–water partition coefficient (Wildman–Crippen LogP) is 2.81. The molecule has 0 aliphatic heterocycles. The minimum Gasteiger partial charge on any atom is -0.377 e. The molecule has 0 amide bonds. The second-order valence-electron chi connectivity index (χ2n) is 6.09. The van der Waals surface area contributed by atoms with Crippen molar-refractivity contribution in [3.05, 3.63) is 41.0 Å². The lowest BCUT2D eigenvalue weighted by molar-refractivity contribution is 0.142. The summed E-state index contributed by atoms with van der Waals surface area (Å²) in [6, 6.07) is 0. The molecule has 0 aromatic carbocycles. The van der Waals surface area contributed by atoms with Crippen molar-refractivity contribution in [3.63, 3.8) is 0 Å². The molecule has 2 aliphatic carbocycles. The van der Waals surface area contributed by atoms with Crippen LogP contribution < -0.4 is 4.90 Å². The number of likely N-dealkylation sites (N-methyl/N-ethyl adjacent to an activating group) is 1. The molecule has 0 radical (unpaired) electrons. The van der Waals surface area contributed by atoms with E-state index in [2.05, 4.69) is 42.1 Å². The van der Waals surface area contributed by atoms with Crippen LogP contribution in [0.5, 0.6) is 0 Å². The highest BCUT2D eigenvalue weighted by Gasteiger charge is 2.26. The largest absolute Gasteiger partial charge is 0.377 e. The number of fused-ring (bicyclic) bond motifs is 1. The summed E-state index contributed by atoms with van der Waals surface area (Å²) in [4.78, 5) is 11.5. The first-order valence-corrected chi connectivity index (χ1v) is 7.59. The maximum absolute atomic E-state index is 5.36. The van der Waals surface area contributed by atoms with Crippen LogP contribution in [-0.2, 0) is 17.6 Å². The molecule has 1 aromatic heterocycles. The number of hydrogen-bond acceptors (Lipinski definition) is 4. The number of hydrogen-bond donors (Lipinski definition) is 0. The third-order valence-electron chi connectivity index (χ3n) is 4.33. The molecular weight excluding hydrogens is 262 g/mol. The van der Waals surface area contributed by atoms with Crippen molar-refractivity contribution in [1.29, 1.82) is 0 Å². The van der Waals surface area contributed by atoms with Gasteiger partial charge in [-0.2, -0.15) is 0 Å². The molecule has 0 spiro atoms. The maximum atomic E-state index is 5.36. The number of ether oxygens (including phenoxy) is 1. The molecule has 0 fully saturated rings. The Balaban J connectivity index is 1.91. The Kier molecular flexibility index (Phi) is 3.81. The average molecular weight is 285 g/mol. The van der Waals surface area contributed by atoms with E-state index in [1.807, 2.05) is 6.92 Å². The van der Waals surface area contributed by atoms with E-state index in [4.69, 9.17) is 9.72 Å². The Morgan fingerprint density at radius 1 is 1.29 bits per heavy atom. The molecule has 0 saturated carbocycles. The molecule has 1 aromatic rings. The highest BCUT2D eigenvalue weighted by atomic mass is 16.5. The van der Waals surface area contributed by atoms with Gasteiger partial charge in [0.05, 0.1) is 6.10 Å². The summed E-state index contributed by atoms with van der Waals surface area (Å²) in [5, 5.41) is 0. The third kappa shape index (κ3) is 2.72. The van der Waals surface area contributed by atoms with Gasteiger partial charge in [-0.1, -0.05) is 19.1 Å². The average Bonchev–Trinajstić information content (AvgIpc) is 2.85. The van der Waals surface area contributed by atoms with E-state index in [-0.39, 0.29) is 6.10 Å². The van der Waals surface area contributed by atoms with E-state index in [9.17, 15) is 0 Å². The Morgan fingerprint density at radius 2 is 2.10 bits per heavy atom. The number of anilines is 1. The first-order chi connectivity index (χ1) is 10.1. The number of aromatic nitrogens is 2. The van der Waals surface area contributed by atoms with Gasteiger partial charge in [0.15, 0.2) is 0 Å². The molecule has 2 unspecified atom stereocenters. The van der Waals surface area contributed by atoms with Crippen LogP contribution in [0, 0.1) is 12.8 Å². The Labute approximate surface area is 126 Å². The first-order valence-electron chi connectivity index (χ1n) is 7.59. The molecular formula is C17H23N3O. The van der Waals surface area contributed by atoms with Crippen molar-refractivity contribution >= 4 is 5.82 Å². The van der Waals surface area contributed by atoms with Gasteiger partial charge in [0.1, 0.15) is 11.6 Å². The number of methoxy groups -OCH3 is 1. The molecule has 2 atom stereocenters. The fourth-order valence-electron chi connectivity index (χ4n) is 3.18. The second kappa shape index (κ2) is 5.60. The fraction of sp³-hybridized carbons (Fsp3) is 0.529. The molecule has 112 valence electrons. The van der Waals surface area contributed by atoms with E-state index in [0.717, 1.165) is 30.9 Å². The summed E-state index contributed by atoms with van der Waals surface area (Å²) in [5.74, 6) is 2.59. The first kappa shape index (κ1) is 14.3. The van der Waals surface area contributed by atoms with Crippen molar-refractivity contribution in [2.24, 2.45) is 5.92 Å². The number of nitrogens with zero attached hydrogens (tertiary/aromatic N) is 3. The lowest BCUT2D eigenvalue weighted by Gasteiger charge is -2.25. The van der Waals surface area contributed by atoms with E-state index < -0.39 is 0 Å². The van der Waals surface area contributed by atoms with Crippen LogP contribution in [0.1, 0.15) is 30.4 Å². The van der Waals surface area contributed by atoms with Crippen molar-refractivity contribution < 1.29 is 4.74 Å². The number of rotatable bonds is 3. The second-order valence-corrected chi connectivity index (χ2v) is 6.09. The zero-order valence-electron chi connectivity index (χ0n) is 13.3. The third-order valence-corrected chi connectivity index (χ3v) is 4.33. The summed E-state index contributed by atoms with van der Waals surface area (Å²) in [6.45, 7) is 4.26. The van der Waals surface area contributed by atoms with Gasteiger partial charge < -0.3 is 9.64 Å². The molecule has 0 saturated heterocycles. The minimum atomic E-state index is 0.194. The Bertz CT molecular complexity index is 606. The molecule has 1 heterocycles. The highest BCUT2D eigenvalue weighted by molar-refractivity contribution is 5.57. The lowest BCUT2D eigenvalue weighted by atomic mass is 10.1. The van der Waals surface area contributed by atoms with Gasteiger partial charge in [0.25, 0.3) is 0 Å². The van der Waals surface area contributed by atoms with Gasteiger partial charge in [-0.25, -0.2) is 9.97 Å². The normalized spacial score (nSPS) is 23.9. The van der Waals surface area contributed by atoms with E-state index in [1.165, 1.54) is 17.0 Å².